The number of benzene rings is 2. The monoisotopic (exact) mass is 554 g/mol. The number of halogens is 7. The number of nitrogens with one attached hydrogen (secondary N) is 1. The molecule has 1 amide bonds. The number of amidine groups is 1. The molecule has 0 unspecified atom stereocenters. The van der Waals surface area contributed by atoms with E-state index in [9.17, 15) is 35.5 Å². The summed E-state index contributed by atoms with van der Waals surface area (Å²) in [5.41, 5.74) is 5.65. The standard InChI is InChI=1S/C14H19FN4O3.C9H6F6O/c1-21-14(20)18-17-13(16)8-19-6-7-22-9-12(19)10-2-4-11(15)5-3-10;10-8(11,12)6-1-5(4-16)2-7(3-6)9(13,14)15/h2-5,12H,6-9H2,1H3,(H2,16,17)(H,18,20);1-3,16H,4H2/t12-;/m1./s1. The lowest BCUT2D eigenvalue weighted by Crippen LogP contribution is -2.44. The zero-order valence-corrected chi connectivity index (χ0v) is 19.9. The molecule has 2 aromatic rings. The van der Waals surface area contributed by atoms with Gasteiger partial charge in [-0.1, -0.05) is 12.1 Å². The molecule has 1 fully saturated rings. The fourth-order valence-corrected chi connectivity index (χ4v) is 3.34. The maximum absolute atomic E-state index is 13.0. The van der Waals surface area contributed by atoms with Gasteiger partial charge in [-0.15, -0.1) is 0 Å². The van der Waals surface area contributed by atoms with Crippen molar-refractivity contribution in [3.8, 4) is 0 Å². The Morgan fingerprint density at radius 1 is 1.13 bits per heavy atom. The number of carbonyl (C=O) groups is 1. The van der Waals surface area contributed by atoms with Crippen LogP contribution in [0, 0.1) is 5.82 Å². The van der Waals surface area contributed by atoms with Crippen molar-refractivity contribution in [1.29, 1.82) is 0 Å². The summed E-state index contributed by atoms with van der Waals surface area (Å²) < 4.78 is 96.3. The number of morpholine rings is 1. The van der Waals surface area contributed by atoms with Gasteiger partial charge in [0.05, 0.1) is 50.6 Å². The van der Waals surface area contributed by atoms with Crippen molar-refractivity contribution < 1.29 is 50.1 Å². The zero-order chi connectivity index (χ0) is 28.5. The maximum atomic E-state index is 13.0. The van der Waals surface area contributed by atoms with Crippen molar-refractivity contribution >= 4 is 11.9 Å². The van der Waals surface area contributed by atoms with E-state index in [1.54, 1.807) is 12.1 Å². The number of methoxy groups -OCH3 is 1. The van der Waals surface area contributed by atoms with Gasteiger partial charge in [-0.2, -0.15) is 31.4 Å². The third-order valence-corrected chi connectivity index (χ3v) is 5.17. The van der Waals surface area contributed by atoms with Crippen LogP contribution in [0.5, 0.6) is 0 Å². The van der Waals surface area contributed by atoms with Gasteiger partial charge in [0.2, 0.25) is 0 Å². The number of aliphatic hydroxyl groups is 1. The summed E-state index contributed by atoms with van der Waals surface area (Å²) in [5, 5.41) is 12.3. The number of rotatable bonds is 5. The van der Waals surface area contributed by atoms with Gasteiger partial charge in [-0.05, 0) is 41.5 Å². The molecule has 0 bridgehead atoms. The number of ether oxygens (including phenoxy) is 2. The molecule has 210 valence electrons. The number of hydrogen-bond acceptors (Lipinski definition) is 6. The zero-order valence-electron chi connectivity index (χ0n) is 19.9. The van der Waals surface area contributed by atoms with E-state index in [0.717, 1.165) is 5.56 Å². The molecule has 1 heterocycles. The number of nitrogens with two attached hydrogens (primary N) is 1. The first-order valence-corrected chi connectivity index (χ1v) is 10.9. The smallest absolute Gasteiger partial charge is 0.427 e. The predicted octanol–water partition coefficient (Wildman–Crippen LogP) is 4.04. The van der Waals surface area contributed by atoms with Crippen molar-refractivity contribution in [2.75, 3.05) is 33.4 Å². The Balaban J connectivity index is 0.000000281. The quantitative estimate of drug-likeness (QED) is 0.223. The normalized spacial score (nSPS) is 16.9. The van der Waals surface area contributed by atoms with E-state index in [0.29, 0.717) is 38.4 Å². The number of alkyl halides is 6. The molecule has 3 rings (SSSR count). The Morgan fingerprint density at radius 2 is 1.71 bits per heavy atom. The van der Waals surface area contributed by atoms with Crippen molar-refractivity contribution in [1.82, 2.24) is 10.3 Å². The number of carbonyl (C=O) groups excluding carboxylic acids is 1. The van der Waals surface area contributed by atoms with Crippen LogP contribution in [-0.4, -0.2) is 55.3 Å². The molecule has 2 aromatic carbocycles. The molecule has 0 saturated carbocycles. The van der Waals surface area contributed by atoms with Crippen molar-refractivity contribution in [2.45, 2.75) is 25.0 Å². The highest BCUT2D eigenvalue weighted by Crippen LogP contribution is 2.36. The summed E-state index contributed by atoms with van der Waals surface area (Å²) >= 11 is 0. The summed E-state index contributed by atoms with van der Waals surface area (Å²) in [6.07, 6.45) is -10.4. The number of amides is 1. The van der Waals surface area contributed by atoms with Crippen LogP contribution in [0.3, 0.4) is 0 Å². The molecule has 1 aliphatic heterocycles. The minimum Gasteiger partial charge on any atom is -0.452 e. The number of aliphatic hydroxyl groups excluding tert-OH is 1. The predicted molar refractivity (Wildman–Crippen MR) is 121 cm³/mol. The minimum atomic E-state index is -4.87. The Morgan fingerprint density at radius 3 is 2.21 bits per heavy atom. The lowest BCUT2D eigenvalue weighted by Gasteiger charge is -2.35. The summed E-state index contributed by atoms with van der Waals surface area (Å²) in [4.78, 5) is 13.0. The summed E-state index contributed by atoms with van der Waals surface area (Å²) in [7, 11) is 1.24. The van der Waals surface area contributed by atoms with Gasteiger partial charge in [-0.3, -0.25) is 4.90 Å². The average molecular weight is 554 g/mol. The van der Waals surface area contributed by atoms with Gasteiger partial charge in [0, 0.05) is 6.54 Å². The van der Waals surface area contributed by atoms with Crippen molar-refractivity contribution in [2.24, 2.45) is 10.8 Å². The Kier molecular flexibility index (Phi) is 10.9. The van der Waals surface area contributed by atoms with Crippen LogP contribution in [0.4, 0.5) is 35.5 Å². The highest BCUT2D eigenvalue weighted by Gasteiger charge is 2.36. The van der Waals surface area contributed by atoms with Crippen LogP contribution in [0.25, 0.3) is 0 Å². The second kappa shape index (κ2) is 13.4. The van der Waals surface area contributed by atoms with E-state index in [1.165, 1.54) is 19.2 Å². The first-order chi connectivity index (χ1) is 17.7. The molecule has 4 N–H and O–H groups in total. The summed E-state index contributed by atoms with van der Waals surface area (Å²) in [6, 6.07) is 7.21. The van der Waals surface area contributed by atoms with Gasteiger partial charge in [0.25, 0.3) is 0 Å². The molecule has 0 aliphatic carbocycles. The van der Waals surface area contributed by atoms with E-state index < -0.39 is 41.7 Å². The SMILES string of the molecule is COC(=O)N/N=C(\N)CN1CCOC[C@@H]1c1ccc(F)cc1.OCc1cc(C(F)(F)F)cc(C(F)(F)F)c1. The molecule has 1 atom stereocenters. The summed E-state index contributed by atoms with van der Waals surface area (Å²) in [5.74, 6) is -0.0326. The van der Waals surface area contributed by atoms with Gasteiger partial charge in [0.1, 0.15) is 11.7 Å². The third kappa shape index (κ3) is 9.46. The fourth-order valence-electron chi connectivity index (χ4n) is 3.34. The molecule has 0 aromatic heterocycles. The van der Waals surface area contributed by atoms with Crippen LogP contribution < -0.4 is 11.2 Å². The molecular weight excluding hydrogens is 529 g/mol. The molecular formula is C23H25F7N4O4. The first kappa shape index (κ1) is 30.8. The van der Waals surface area contributed by atoms with Crippen molar-refractivity contribution in [3.05, 3.63) is 70.5 Å². The Hall–Kier alpha value is -3.43. The Labute approximate surface area is 212 Å². The minimum absolute atomic E-state index is 0.0131. The molecule has 0 spiro atoms. The van der Waals surface area contributed by atoms with E-state index in [2.05, 4.69) is 20.2 Å². The molecule has 1 saturated heterocycles. The second-order valence-corrected chi connectivity index (χ2v) is 7.89. The average Bonchev–Trinajstić information content (AvgIpc) is 2.87. The second-order valence-electron chi connectivity index (χ2n) is 7.89. The number of nitrogens with zero attached hydrogens (tertiary/aromatic N) is 2. The molecule has 1 aliphatic rings. The van der Waals surface area contributed by atoms with Gasteiger partial charge in [0.15, 0.2) is 0 Å². The topological polar surface area (TPSA) is 109 Å². The molecule has 0 radical (unpaired) electrons. The highest BCUT2D eigenvalue weighted by atomic mass is 19.4. The fraction of sp³-hybridized carbons (Fsp3) is 0.391. The van der Waals surface area contributed by atoms with Gasteiger partial charge >= 0.3 is 18.4 Å². The lowest BCUT2D eigenvalue weighted by atomic mass is 10.0. The Bertz CT molecular complexity index is 1060. The van der Waals surface area contributed by atoms with Gasteiger partial charge in [-0.25, -0.2) is 14.6 Å². The largest absolute Gasteiger partial charge is 0.452 e. The van der Waals surface area contributed by atoms with Crippen LogP contribution in [0.1, 0.15) is 28.3 Å². The first-order valence-electron chi connectivity index (χ1n) is 10.9. The third-order valence-electron chi connectivity index (χ3n) is 5.17. The molecule has 8 nitrogen and oxygen atoms in total. The molecule has 38 heavy (non-hydrogen) atoms. The lowest BCUT2D eigenvalue weighted by molar-refractivity contribution is -0.143. The molecule has 15 heteroatoms. The number of hydrogen-bond donors (Lipinski definition) is 3. The van der Waals surface area contributed by atoms with Crippen molar-refractivity contribution in [3.63, 3.8) is 0 Å². The van der Waals surface area contributed by atoms with E-state index in [4.69, 9.17) is 15.6 Å². The maximum Gasteiger partial charge on any atom is 0.427 e. The highest BCUT2D eigenvalue weighted by molar-refractivity contribution is 5.83. The van der Waals surface area contributed by atoms with Crippen LogP contribution >= 0.6 is 0 Å². The van der Waals surface area contributed by atoms with E-state index in [-0.39, 0.29) is 23.8 Å². The van der Waals surface area contributed by atoms with Crippen LogP contribution in [0.15, 0.2) is 47.6 Å². The van der Waals surface area contributed by atoms with E-state index >= 15 is 0 Å². The number of hydrazone groups is 1. The van der Waals surface area contributed by atoms with Crippen LogP contribution in [-0.2, 0) is 28.4 Å². The van der Waals surface area contributed by atoms with Crippen LogP contribution in [0.2, 0.25) is 0 Å². The van der Waals surface area contributed by atoms with Gasteiger partial charge < -0.3 is 20.3 Å². The van der Waals surface area contributed by atoms with E-state index in [1.807, 2.05) is 0 Å². The summed E-state index contributed by atoms with van der Waals surface area (Å²) in [6.45, 7) is 1.21.